The highest BCUT2D eigenvalue weighted by molar-refractivity contribution is 5.77. The molecule has 1 amide bonds. The first-order valence-electron chi connectivity index (χ1n) is 24.7. The number of esters is 1. The smallest absolute Gasteiger partial charge is 0.306 e. The summed E-state index contributed by atoms with van der Waals surface area (Å²) in [6.45, 7) is 6.35. The normalized spacial score (nSPS) is 13.6. The van der Waals surface area contributed by atoms with Gasteiger partial charge in [0, 0.05) is 6.42 Å². The maximum atomic E-state index is 13.1. The molecule has 0 aliphatic rings. The lowest BCUT2D eigenvalue weighted by atomic mass is 10.0. The van der Waals surface area contributed by atoms with Crippen molar-refractivity contribution in [2.24, 2.45) is 0 Å². The molecule has 3 N–H and O–H groups in total. The van der Waals surface area contributed by atoms with Gasteiger partial charge in [-0.1, -0.05) is 218 Å². The molecule has 3 unspecified atom stereocenters. The Kier molecular flexibility index (Phi) is 43.6. The van der Waals surface area contributed by atoms with Gasteiger partial charge < -0.3 is 20.3 Å². The maximum Gasteiger partial charge on any atom is 0.306 e. The van der Waals surface area contributed by atoms with Crippen LogP contribution in [0.1, 0.15) is 252 Å². The van der Waals surface area contributed by atoms with Crippen molar-refractivity contribution in [3.63, 3.8) is 0 Å². The van der Waals surface area contributed by atoms with E-state index in [4.69, 9.17) is 4.74 Å². The van der Waals surface area contributed by atoms with Crippen molar-refractivity contribution in [3.05, 3.63) is 36.5 Å². The molecule has 57 heavy (non-hydrogen) atoms. The number of hydrogen-bond acceptors (Lipinski definition) is 5. The van der Waals surface area contributed by atoms with Gasteiger partial charge in [-0.05, 0) is 57.8 Å². The van der Waals surface area contributed by atoms with Crippen molar-refractivity contribution in [2.45, 2.75) is 270 Å². The van der Waals surface area contributed by atoms with Crippen LogP contribution in [0.25, 0.3) is 0 Å². The molecule has 0 rings (SSSR count). The average molecular weight is 802 g/mol. The molecule has 0 aromatic rings. The molecule has 6 nitrogen and oxygen atoms in total. The van der Waals surface area contributed by atoms with E-state index in [1.54, 1.807) is 0 Å². The van der Waals surface area contributed by atoms with E-state index in [1.165, 1.54) is 135 Å². The molecule has 0 aromatic heterocycles. The van der Waals surface area contributed by atoms with Crippen LogP contribution in [0, 0.1) is 0 Å². The Hall–Kier alpha value is -1.92. The average Bonchev–Trinajstić information content (AvgIpc) is 3.20. The molecule has 0 aromatic carbocycles. The highest BCUT2D eigenvalue weighted by atomic mass is 16.5. The summed E-state index contributed by atoms with van der Waals surface area (Å²) in [6, 6.07) is -0.699. The molecule has 334 valence electrons. The Balaban J connectivity index is 4.43. The van der Waals surface area contributed by atoms with Gasteiger partial charge in [-0.2, -0.15) is 0 Å². The minimum absolute atomic E-state index is 0.0748. The molecule has 0 fully saturated rings. The molecule has 0 heterocycles. The van der Waals surface area contributed by atoms with Gasteiger partial charge in [0.15, 0.2) is 0 Å². The fourth-order valence-corrected chi connectivity index (χ4v) is 7.50. The van der Waals surface area contributed by atoms with Gasteiger partial charge in [-0.25, -0.2) is 0 Å². The van der Waals surface area contributed by atoms with Gasteiger partial charge in [0.25, 0.3) is 0 Å². The summed E-state index contributed by atoms with van der Waals surface area (Å²) in [6.07, 6.45) is 52.1. The third kappa shape index (κ3) is 40.6. The molecular weight excluding hydrogens is 707 g/mol. The molecule has 0 radical (unpaired) electrons. The lowest BCUT2D eigenvalue weighted by molar-refractivity contribution is -0.151. The van der Waals surface area contributed by atoms with E-state index in [2.05, 4.69) is 62.5 Å². The van der Waals surface area contributed by atoms with Crippen molar-refractivity contribution >= 4 is 11.9 Å². The van der Waals surface area contributed by atoms with E-state index < -0.39 is 18.2 Å². The van der Waals surface area contributed by atoms with Crippen molar-refractivity contribution in [3.8, 4) is 0 Å². The van der Waals surface area contributed by atoms with Gasteiger partial charge in [-0.15, -0.1) is 0 Å². The minimum atomic E-state index is -0.785. The molecule has 3 atom stereocenters. The summed E-state index contributed by atoms with van der Waals surface area (Å²) < 4.78 is 5.90. The van der Waals surface area contributed by atoms with Crippen LogP contribution in [-0.4, -0.2) is 46.9 Å². The second-order valence-electron chi connectivity index (χ2n) is 16.8. The van der Waals surface area contributed by atoms with Crippen molar-refractivity contribution in [2.75, 3.05) is 6.61 Å². The Bertz CT molecular complexity index is 946. The first-order chi connectivity index (χ1) is 28.0. The number of ether oxygens (including phenoxy) is 1. The number of allylic oxidation sites excluding steroid dienone is 6. The summed E-state index contributed by atoms with van der Waals surface area (Å²) in [5.41, 5.74) is 0. The quantitative estimate of drug-likeness (QED) is 0.0324. The molecule has 6 heteroatoms. The van der Waals surface area contributed by atoms with Crippen molar-refractivity contribution < 1.29 is 24.5 Å². The minimum Gasteiger partial charge on any atom is -0.462 e. The number of rotatable bonds is 44. The number of unbranched alkanes of at least 4 members (excludes halogenated alkanes) is 26. The predicted octanol–water partition coefficient (Wildman–Crippen LogP) is 14.5. The number of aliphatic hydroxyl groups is 2. The zero-order chi connectivity index (χ0) is 41.7. The first kappa shape index (κ1) is 55.1. The van der Waals surface area contributed by atoms with Crippen LogP contribution in [-0.2, 0) is 14.3 Å². The van der Waals surface area contributed by atoms with Crippen LogP contribution in [0.2, 0.25) is 0 Å². The van der Waals surface area contributed by atoms with E-state index in [0.29, 0.717) is 19.3 Å². The van der Waals surface area contributed by atoms with Crippen LogP contribution >= 0.6 is 0 Å². The molecule has 0 aliphatic heterocycles. The number of aliphatic hydroxyl groups excluding tert-OH is 2. The standard InChI is InChI=1S/C51H95NO5/c1-4-7-10-13-16-19-21-23-25-26-28-30-32-35-38-41-44-51(56)57-47(42-39-36-33-18-15-12-9-6-3)45-50(55)52-48(46-53)49(54)43-40-37-34-31-29-27-24-22-20-17-14-11-8-5-2/h7,10,16,19,23,25,47-49,53-54H,4-6,8-9,11-15,17-18,20-22,24,26-46H2,1-3H3,(H,52,55)/b10-7+,19-16+,25-23+. The summed E-state index contributed by atoms with van der Waals surface area (Å²) in [4.78, 5) is 26.0. The predicted molar refractivity (Wildman–Crippen MR) is 246 cm³/mol. The number of amides is 1. The molecule has 0 bridgehead atoms. The summed E-state index contributed by atoms with van der Waals surface area (Å²) in [5.74, 6) is -0.484. The number of carbonyl (C=O) groups excluding carboxylic acids is 2. The Morgan fingerprint density at radius 3 is 1.44 bits per heavy atom. The van der Waals surface area contributed by atoms with Gasteiger partial charge in [0.2, 0.25) is 5.91 Å². The summed E-state index contributed by atoms with van der Waals surface area (Å²) in [5, 5.41) is 23.7. The third-order valence-electron chi connectivity index (χ3n) is 11.2. The second-order valence-corrected chi connectivity index (χ2v) is 16.8. The van der Waals surface area contributed by atoms with Gasteiger partial charge >= 0.3 is 5.97 Å². The SMILES string of the molecule is CC/C=C/C/C=C/C/C=C/CCCCCCCCC(=O)OC(CCCCCCCCCC)CC(=O)NC(CO)C(O)CCCCCCCCCCCCCCCC. The Morgan fingerprint density at radius 2 is 0.947 bits per heavy atom. The zero-order valence-electron chi connectivity index (χ0n) is 38.0. The number of nitrogens with one attached hydrogen (secondary N) is 1. The van der Waals surface area contributed by atoms with Crippen LogP contribution < -0.4 is 5.32 Å². The van der Waals surface area contributed by atoms with Crippen LogP contribution in [0.5, 0.6) is 0 Å². The monoisotopic (exact) mass is 802 g/mol. The van der Waals surface area contributed by atoms with E-state index in [0.717, 1.165) is 70.6 Å². The van der Waals surface area contributed by atoms with Crippen molar-refractivity contribution in [1.29, 1.82) is 0 Å². The van der Waals surface area contributed by atoms with Crippen LogP contribution in [0.3, 0.4) is 0 Å². The first-order valence-corrected chi connectivity index (χ1v) is 24.7. The highest BCUT2D eigenvalue weighted by Gasteiger charge is 2.24. The maximum absolute atomic E-state index is 13.1. The lowest BCUT2D eigenvalue weighted by Gasteiger charge is -2.24. The Morgan fingerprint density at radius 1 is 0.526 bits per heavy atom. The van der Waals surface area contributed by atoms with E-state index >= 15 is 0 Å². The lowest BCUT2D eigenvalue weighted by Crippen LogP contribution is -2.46. The topological polar surface area (TPSA) is 95.9 Å². The number of carbonyl (C=O) groups is 2. The van der Waals surface area contributed by atoms with Crippen LogP contribution in [0.15, 0.2) is 36.5 Å². The largest absolute Gasteiger partial charge is 0.462 e. The van der Waals surface area contributed by atoms with E-state index in [9.17, 15) is 19.8 Å². The Labute approximate surface area is 353 Å². The number of hydrogen-bond donors (Lipinski definition) is 3. The summed E-state index contributed by atoms with van der Waals surface area (Å²) >= 11 is 0. The molecule has 0 saturated carbocycles. The second kappa shape index (κ2) is 45.2. The fourth-order valence-electron chi connectivity index (χ4n) is 7.50. The summed E-state index contributed by atoms with van der Waals surface area (Å²) in [7, 11) is 0. The van der Waals surface area contributed by atoms with Gasteiger partial charge in [0.1, 0.15) is 6.10 Å². The van der Waals surface area contributed by atoms with Gasteiger partial charge in [0.05, 0.1) is 25.2 Å². The van der Waals surface area contributed by atoms with Gasteiger partial charge in [-0.3, -0.25) is 9.59 Å². The van der Waals surface area contributed by atoms with Crippen molar-refractivity contribution in [1.82, 2.24) is 5.32 Å². The van der Waals surface area contributed by atoms with Crippen LogP contribution in [0.4, 0.5) is 0 Å². The molecule has 0 saturated heterocycles. The van der Waals surface area contributed by atoms with E-state index in [1.807, 2.05) is 0 Å². The zero-order valence-corrected chi connectivity index (χ0v) is 38.0. The fraction of sp³-hybridized carbons (Fsp3) is 0.843. The molecular formula is C51H95NO5. The highest BCUT2D eigenvalue weighted by Crippen LogP contribution is 2.18. The van der Waals surface area contributed by atoms with E-state index in [-0.39, 0.29) is 24.9 Å². The third-order valence-corrected chi connectivity index (χ3v) is 11.2. The molecule has 0 spiro atoms. The molecule has 0 aliphatic carbocycles.